The minimum Gasteiger partial charge on any atom is -0.500 e. The van der Waals surface area contributed by atoms with Gasteiger partial charge in [-0.2, -0.15) is 0 Å². The summed E-state index contributed by atoms with van der Waals surface area (Å²) in [7, 11) is 2.50. The van der Waals surface area contributed by atoms with Crippen LogP contribution in [0, 0.1) is 5.82 Å². The van der Waals surface area contributed by atoms with Gasteiger partial charge in [0, 0.05) is 16.2 Å². The van der Waals surface area contributed by atoms with E-state index in [1.165, 1.54) is 38.1 Å². The summed E-state index contributed by atoms with van der Waals surface area (Å²) < 4.78 is 35.4. The van der Waals surface area contributed by atoms with Gasteiger partial charge in [-0.05, 0) is 45.0 Å². The molecule has 0 aliphatic carbocycles. The van der Waals surface area contributed by atoms with Crippen LogP contribution in [0.25, 0.3) is 0 Å². The van der Waals surface area contributed by atoms with Crippen LogP contribution in [-0.4, -0.2) is 31.8 Å². The molecular formula is C23H25FO6S. The summed E-state index contributed by atoms with van der Waals surface area (Å²) in [4.78, 5) is 25.9. The Labute approximate surface area is 185 Å². The van der Waals surface area contributed by atoms with Crippen LogP contribution in [0.5, 0.6) is 5.75 Å². The van der Waals surface area contributed by atoms with Gasteiger partial charge in [-0.15, -0.1) is 11.8 Å². The highest BCUT2D eigenvalue weighted by Gasteiger charge is 2.28. The zero-order valence-corrected chi connectivity index (χ0v) is 18.9. The number of methoxy groups -OCH3 is 2. The third-order valence-electron chi connectivity index (χ3n) is 3.78. The number of benzene rings is 2. The minimum absolute atomic E-state index is 0.0481. The van der Waals surface area contributed by atoms with Crippen molar-refractivity contribution in [1.29, 1.82) is 0 Å². The van der Waals surface area contributed by atoms with Crippen molar-refractivity contribution in [2.75, 3.05) is 14.2 Å². The van der Waals surface area contributed by atoms with E-state index in [0.717, 1.165) is 11.2 Å². The lowest BCUT2D eigenvalue weighted by atomic mass is 10.1. The predicted octanol–water partition coefficient (Wildman–Crippen LogP) is 5.11. The van der Waals surface area contributed by atoms with E-state index in [1.54, 1.807) is 20.8 Å². The van der Waals surface area contributed by atoms with Crippen molar-refractivity contribution in [3.8, 4) is 5.75 Å². The van der Waals surface area contributed by atoms with Gasteiger partial charge in [-0.25, -0.2) is 14.0 Å². The van der Waals surface area contributed by atoms with Crippen LogP contribution in [0.3, 0.4) is 0 Å². The molecular weight excluding hydrogens is 423 g/mol. The average Bonchev–Trinajstić information content (AvgIpc) is 2.72. The number of ether oxygens (including phenoxy) is 4. The first-order valence-corrected chi connectivity index (χ1v) is 10.4. The van der Waals surface area contributed by atoms with Crippen LogP contribution in [0.1, 0.15) is 36.7 Å². The summed E-state index contributed by atoms with van der Waals surface area (Å²) in [6.07, 6.45) is 1.03. The lowest BCUT2D eigenvalue weighted by molar-refractivity contribution is -0.138. The molecule has 0 atom stereocenters. The van der Waals surface area contributed by atoms with E-state index in [4.69, 9.17) is 14.2 Å². The Kier molecular flexibility index (Phi) is 8.50. The van der Waals surface area contributed by atoms with Gasteiger partial charge < -0.3 is 18.9 Å². The summed E-state index contributed by atoms with van der Waals surface area (Å²) in [6.45, 7) is 5.11. The molecule has 2 aromatic carbocycles. The quantitative estimate of drug-likeness (QED) is 0.240. The number of thioether (sulfide) groups is 1. The average molecular weight is 449 g/mol. The number of rotatable bonds is 8. The molecule has 166 valence electrons. The molecule has 0 amide bonds. The van der Waals surface area contributed by atoms with E-state index in [2.05, 4.69) is 4.74 Å². The summed E-state index contributed by atoms with van der Waals surface area (Å²) in [5, 5.41) is 0. The van der Waals surface area contributed by atoms with Gasteiger partial charge in [0.25, 0.3) is 0 Å². The fourth-order valence-electron chi connectivity index (χ4n) is 2.49. The second-order valence-electron chi connectivity index (χ2n) is 7.31. The lowest BCUT2D eigenvalue weighted by Crippen LogP contribution is -2.25. The first-order chi connectivity index (χ1) is 14.7. The zero-order valence-electron chi connectivity index (χ0n) is 18.1. The maximum Gasteiger partial charge on any atom is 0.377 e. The van der Waals surface area contributed by atoms with Gasteiger partial charge >= 0.3 is 11.9 Å². The molecule has 2 aromatic rings. The second-order valence-corrected chi connectivity index (χ2v) is 8.36. The number of esters is 2. The highest BCUT2D eigenvalue weighted by atomic mass is 32.2. The smallest absolute Gasteiger partial charge is 0.377 e. The van der Waals surface area contributed by atoms with E-state index in [9.17, 15) is 14.0 Å². The largest absolute Gasteiger partial charge is 0.500 e. The van der Waals surface area contributed by atoms with E-state index in [0.29, 0.717) is 0 Å². The molecule has 0 spiro atoms. The topological polar surface area (TPSA) is 71.1 Å². The summed E-state index contributed by atoms with van der Waals surface area (Å²) in [6, 6.07) is 11.8. The molecule has 0 aliphatic heterocycles. The third-order valence-corrected chi connectivity index (χ3v) is 4.82. The molecule has 2 rings (SSSR count). The van der Waals surface area contributed by atoms with Gasteiger partial charge in [0.2, 0.25) is 5.76 Å². The Hall–Kier alpha value is -3.00. The van der Waals surface area contributed by atoms with Crippen molar-refractivity contribution in [3.63, 3.8) is 0 Å². The maximum absolute atomic E-state index is 14.8. The number of hydrogen-bond acceptors (Lipinski definition) is 7. The SMILES string of the molecule is COC=C(Oc1ccc(F)c(CSc2ccccc2)c1C(=O)OC(C)(C)C)C(=O)OC. The Balaban J connectivity index is 2.52. The molecule has 0 aromatic heterocycles. The molecule has 0 radical (unpaired) electrons. The normalized spacial score (nSPS) is 11.6. The van der Waals surface area contributed by atoms with Crippen molar-refractivity contribution in [3.05, 3.63) is 71.4 Å². The Morgan fingerprint density at radius 1 is 1.06 bits per heavy atom. The molecule has 0 saturated carbocycles. The first-order valence-electron chi connectivity index (χ1n) is 9.38. The van der Waals surface area contributed by atoms with Crippen LogP contribution in [0.4, 0.5) is 4.39 Å². The van der Waals surface area contributed by atoms with Gasteiger partial charge in [0.15, 0.2) is 0 Å². The maximum atomic E-state index is 14.8. The zero-order chi connectivity index (χ0) is 23.0. The molecule has 0 saturated heterocycles. The molecule has 0 aliphatic rings. The molecule has 6 nitrogen and oxygen atoms in total. The van der Waals surface area contributed by atoms with Gasteiger partial charge in [0.05, 0.1) is 14.2 Å². The van der Waals surface area contributed by atoms with E-state index < -0.39 is 23.4 Å². The van der Waals surface area contributed by atoms with Crippen molar-refractivity contribution in [2.45, 2.75) is 37.0 Å². The molecule has 0 fully saturated rings. The van der Waals surface area contributed by atoms with E-state index in [-0.39, 0.29) is 28.4 Å². The van der Waals surface area contributed by atoms with Crippen LogP contribution in [-0.2, 0) is 24.8 Å². The number of carbonyl (C=O) groups is 2. The lowest BCUT2D eigenvalue weighted by Gasteiger charge is -2.22. The van der Waals surface area contributed by atoms with Crippen molar-refractivity contribution >= 4 is 23.7 Å². The molecule has 0 unspecified atom stereocenters. The summed E-state index contributed by atoms with van der Waals surface area (Å²) in [5.41, 5.74) is -0.829. The Bertz CT molecular complexity index is 951. The first kappa shape index (κ1) is 24.3. The molecule has 8 heteroatoms. The van der Waals surface area contributed by atoms with E-state index in [1.807, 2.05) is 30.3 Å². The number of carbonyl (C=O) groups excluding carboxylic acids is 2. The minimum atomic E-state index is -0.821. The van der Waals surface area contributed by atoms with Crippen LogP contribution >= 0.6 is 11.8 Å². The summed E-state index contributed by atoms with van der Waals surface area (Å²) in [5.74, 6) is -2.39. The highest BCUT2D eigenvalue weighted by Crippen LogP contribution is 2.33. The highest BCUT2D eigenvalue weighted by molar-refractivity contribution is 7.98. The molecule has 0 heterocycles. The Morgan fingerprint density at radius 3 is 2.32 bits per heavy atom. The number of halogens is 1. The van der Waals surface area contributed by atoms with Gasteiger partial charge in [-0.1, -0.05) is 18.2 Å². The Morgan fingerprint density at radius 2 is 1.74 bits per heavy atom. The number of hydrogen-bond donors (Lipinski definition) is 0. The van der Waals surface area contributed by atoms with Gasteiger partial charge in [0.1, 0.15) is 29.0 Å². The molecule has 31 heavy (non-hydrogen) atoms. The monoisotopic (exact) mass is 448 g/mol. The van der Waals surface area contributed by atoms with Crippen LogP contribution in [0.2, 0.25) is 0 Å². The van der Waals surface area contributed by atoms with Crippen LogP contribution < -0.4 is 4.74 Å². The fourth-order valence-corrected chi connectivity index (χ4v) is 3.43. The third kappa shape index (κ3) is 7.03. The summed E-state index contributed by atoms with van der Waals surface area (Å²) >= 11 is 1.35. The van der Waals surface area contributed by atoms with Crippen molar-refractivity contribution < 1.29 is 32.9 Å². The molecule has 0 N–H and O–H groups in total. The second kappa shape index (κ2) is 10.9. The standard InChI is InChI=1S/C23H25FO6S/c1-23(2,3)30-22(26)20-16(14-31-15-9-7-6-8-10-15)17(24)11-12-18(20)29-19(13-27-4)21(25)28-5/h6-13H,14H2,1-5H3. The van der Waals surface area contributed by atoms with Crippen LogP contribution in [0.15, 0.2) is 59.4 Å². The van der Waals surface area contributed by atoms with Crippen molar-refractivity contribution in [1.82, 2.24) is 0 Å². The molecule has 0 bridgehead atoms. The van der Waals surface area contributed by atoms with Gasteiger partial charge in [-0.3, -0.25) is 0 Å². The van der Waals surface area contributed by atoms with E-state index >= 15 is 0 Å². The predicted molar refractivity (Wildman–Crippen MR) is 115 cm³/mol. The van der Waals surface area contributed by atoms with Crippen molar-refractivity contribution in [2.24, 2.45) is 0 Å². The fraction of sp³-hybridized carbons (Fsp3) is 0.304.